The number of hydrogen-bond acceptors (Lipinski definition) is 8. The van der Waals surface area contributed by atoms with E-state index in [0.29, 0.717) is 0 Å². The van der Waals surface area contributed by atoms with E-state index in [4.69, 9.17) is 21.1 Å². The lowest BCUT2D eigenvalue weighted by molar-refractivity contribution is 0.0684. The van der Waals surface area contributed by atoms with Crippen molar-refractivity contribution >= 4 is 38.5 Å². The topological polar surface area (TPSA) is 206 Å². The minimum absolute atomic E-state index is 0.0626. The number of benzene rings is 2. The number of phenolic OH excluding ortho intramolecular Hbond substituents is 1. The van der Waals surface area contributed by atoms with E-state index in [2.05, 4.69) is 15.2 Å². The number of carboxylic acids is 1. The van der Waals surface area contributed by atoms with Crippen LogP contribution in [0, 0.1) is 0 Å². The van der Waals surface area contributed by atoms with Crippen molar-refractivity contribution < 1.29 is 28.0 Å². The van der Waals surface area contributed by atoms with E-state index in [0.717, 1.165) is 6.07 Å². The second-order valence-electron chi connectivity index (χ2n) is 4.68. The molecule has 8 N–H and O–H groups in total. The average molecular weight is 367 g/mol. The molecule has 0 aliphatic heterocycles. The van der Waals surface area contributed by atoms with Gasteiger partial charge in [-0.1, -0.05) is 24.3 Å². The van der Waals surface area contributed by atoms with Crippen molar-refractivity contribution in [2.24, 2.45) is 0 Å². The number of aromatic nitrogens is 3. The summed E-state index contributed by atoms with van der Waals surface area (Å²) in [6, 6.07) is 7.28. The Labute approximate surface area is 140 Å². The molecule has 25 heavy (non-hydrogen) atoms. The predicted molar refractivity (Wildman–Crippen MR) is 87.6 cm³/mol. The highest BCUT2D eigenvalue weighted by atomic mass is 32.2. The summed E-state index contributed by atoms with van der Waals surface area (Å²) in [5.74, 6) is -1.66. The van der Waals surface area contributed by atoms with E-state index in [1.807, 2.05) is 0 Å². The van der Waals surface area contributed by atoms with Crippen molar-refractivity contribution in [1.82, 2.24) is 15.2 Å². The van der Waals surface area contributed by atoms with Crippen molar-refractivity contribution in [1.29, 1.82) is 0 Å². The Balaban J connectivity index is 0.000000212. The van der Waals surface area contributed by atoms with E-state index in [1.165, 1.54) is 12.1 Å². The molecule has 0 atom stereocenters. The van der Waals surface area contributed by atoms with Crippen LogP contribution in [0.5, 0.6) is 5.75 Å². The second-order valence-corrected chi connectivity index (χ2v) is 6.07. The molecule has 12 heteroatoms. The zero-order valence-electron chi connectivity index (χ0n) is 12.4. The van der Waals surface area contributed by atoms with Crippen LogP contribution >= 0.6 is 0 Å². The number of carbonyl (C=O) groups is 1. The average Bonchev–Trinajstić information content (AvgIpc) is 2.97. The largest absolute Gasteiger partial charge is 0.505 e. The Hall–Kier alpha value is -3.38. The minimum Gasteiger partial charge on any atom is -0.505 e. The number of rotatable bonds is 2. The maximum absolute atomic E-state index is 11.1. The van der Waals surface area contributed by atoms with Gasteiger partial charge in [0.25, 0.3) is 10.1 Å². The third-order valence-corrected chi connectivity index (χ3v) is 3.88. The van der Waals surface area contributed by atoms with Gasteiger partial charge in [0.15, 0.2) is 0 Å². The molecule has 1 aromatic heterocycles. The number of nitrogens with two attached hydrogens (primary N) is 2. The maximum Gasteiger partial charge on any atom is 0.373 e. The van der Waals surface area contributed by atoms with Gasteiger partial charge in [-0.05, 0) is 6.07 Å². The van der Waals surface area contributed by atoms with Gasteiger partial charge in [0.2, 0.25) is 11.8 Å². The number of nitrogen functional groups attached to an aromatic ring is 2. The van der Waals surface area contributed by atoms with Gasteiger partial charge in [0.1, 0.15) is 10.6 Å². The Morgan fingerprint density at radius 1 is 1.16 bits per heavy atom. The van der Waals surface area contributed by atoms with Gasteiger partial charge >= 0.3 is 5.97 Å². The van der Waals surface area contributed by atoms with Gasteiger partial charge in [-0.15, -0.1) is 5.10 Å². The van der Waals surface area contributed by atoms with Gasteiger partial charge in [-0.2, -0.15) is 13.4 Å². The number of aromatic carboxylic acids is 1. The highest BCUT2D eigenvalue weighted by Gasteiger charge is 2.17. The zero-order chi connectivity index (χ0) is 18.8. The van der Waals surface area contributed by atoms with Crippen LogP contribution in [0.25, 0.3) is 10.8 Å². The van der Waals surface area contributed by atoms with E-state index < -0.39 is 16.1 Å². The number of hydrogen-bond donors (Lipinski definition) is 6. The van der Waals surface area contributed by atoms with E-state index in [1.54, 1.807) is 12.1 Å². The van der Waals surface area contributed by atoms with Crippen LogP contribution in [0.2, 0.25) is 0 Å². The normalized spacial score (nSPS) is 10.9. The summed E-state index contributed by atoms with van der Waals surface area (Å²) >= 11 is 0. The molecule has 0 spiro atoms. The van der Waals surface area contributed by atoms with Crippen molar-refractivity contribution in [3.63, 3.8) is 0 Å². The molecular weight excluding hydrogens is 354 g/mol. The summed E-state index contributed by atoms with van der Waals surface area (Å²) in [6.07, 6.45) is 0. The monoisotopic (exact) mass is 367 g/mol. The molecule has 0 fully saturated rings. The minimum atomic E-state index is -4.36. The Morgan fingerprint density at radius 3 is 2.20 bits per heavy atom. The molecule has 0 amide bonds. The van der Waals surface area contributed by atoms with Crippen molar-refractivity contribution in [2.75, 3.05) is 11.5 Å². The van der Waals surface area contributed by atoms with Gasteiger partial charge in [0.05, 0.1) is 5.69 Å². The quantitative estimate of drug-likeness (QED) is 0.209. The van der Waals surface area contributed by atoms with Crippen LogP contribution in [0.1, 0.15) is 10.6 Å². The predicted octanol–water partition coefficient (Wildman–Crippen LogP) is 0.459. The smallest absolute Gasteiger partial charge is 0.373 e. The number of H-pyrrole nitrogens is 1. The molecule has 0 saturated heterocycles. The number of anilines is 2. The van der Waals surface area contributed by atoms with Crippen LogP contribution in [0.4, 0.5) is 11.6 Å². The molecule has 132 valence electrons. The molecule has 0 radical (unpaired) electrons. The molecule has 2 aromatic carbocycles. The van der Waals surface area contributed by atoms with Crippen LogP contribution < -0.4 is 11.5 Å². The molecule has 0 saturated carbocycles. The fraction of sp³-hybridized carbons (Fsp3) is 0. The molecule has 3 aromatic rings. The standard InChI is InChI=1S/C10H9NO4S.C3H4N4O2/c11-8-5-9(16(13,14)15)6-3-1-2-4-7(6)10(8)12;4-3-5-1(2(8)9)6-7-3/h1-5,12H,11H2,(H,13,14,15);(H,8,9)(H3,4,5,6,7). The van der Waals surface area contributed by atoms with Crippen molar-refractivity contribution in [3.8, 4) is 5.75 Å². The summed E-state index contributed by atoms with van der Waals surface area (Å²) in [4.78, 5) is 13.0. The number of nitrogens with one attached hydrogen (secondary N) is 1. The second kappa shape index (κ2) is 6.62. The lowest BCUT2D eigenvalue weighted by atomic mass is 10.1. The van der Waals surface area contributed by atoms with Gasteiger partial charge in [0, 0.05) is 10.8 Å². The van der Waals surface area contributed by atoms with Crippen LogP contribution in [-0.2, 0) is 10.1 Å². The number of fused-ring (bicyclic) bond motifs is 1. The molecule has 0 bridgehead atoms. The zero-order valence-corrected chi connectivity index (χ0v) is 13.2. The van der Waals surface area contributed by atoms with Crippen molar-refractivity contribution in [3.05, 3.63) is 36.2 Å². The number of phenols is 1. The number of carboxylic acid groups (broad SMARTS) is 1. The third kappa shape index (κ3) is 3.94. The van der Waals surface area contributed by atoms with Crippen LogP contribution in [0.3, 0.4) is 0 Å². The maximum atomic E-state index is 11.1. The van der Waals surface area contributed by atoms with E-state index in [9.17, 15) is 18.3 Å². The Morgan fingerprint density at radius 2 is 1.76 bits per heavy atom. The molecule has 0 aliphatic carbocycles. The number of nitrogens with zero attached hydrogens (tertiary/aromatic N) is 2. The number of aromatic amines is 1. The van der Waals surface area contributed by atoms with Gasteiger partial charge in [-0.25, -0.2) is 4.79 Å². The summed E-state index contributed by atoms with van der Waals surface area (Å²) < 4.78 is 31.3. The molecule has 11 nitrogen and oxygen atoms in total. The van der Waals surface area contributed by atoms with Crippen LogP contribution in [-0.4, -0.2) is 44.3 Å². The summed E-state index contributed by atoms with van der Waals surface area (Å²) in [7, 11) is -4.36. The summed E-state index contributed by atoms with van der Waals surface area (Å²) in [5, 5.41) is 23.8. The van der Waals surface area contributed by atoms with Gasteiger partial charge in [-0.3, -0.25) is 9.65 Å². The van der Waals surface area contributed by atoms with E-state index >= 15 is 0 Å². The summed E-state index contributed by atoms with van der Waals surface area (Å²) in [5.41, 5.74) is 10.4. The number of aromatic hydroxyl groups is 1. The first-order chi connectivity index (χ1) is 11.6. The fourth-order valence-electron chi connectivity index (χ4n) is 1.93. The molecule has 0 aliphatic rings. The lowest BCUT2D eigenvalue weighted by Gasteiger charge is -2.08. The SMILES string of the molecule is Nc1cc(S(=O)(=O)O)c2ccccc2c1O.Nc1n[nH]c(C(=O)O)n1. The van der Waals surface area contributed by atoms with Crippen LogP contribution in [0.15, 0.2) is 35.2 Å². The van der Waals surface area contributed by atoms with Gasteiger partial charge < -0.3 is 21.7 Å². The molecule has 1 heterocycles. The first-order valence-corrected chi connectivity index (χ1v) is 7.94. The van der Waals surface area contributed by atoms with Crippen molar-refractivity contribution in [2.45, 2.75) is 4.90 Å². The molecule has 0 unspecified atom stereocenters. The highest BCUT2D eigenvalue weighted by Crippen LogP contribution is 2.35. The van der Waals surface area contributed by atoms with E-state index in [-0.39, 0.29) is 38.9 Å². The Kier molecular flexibility index (Phi) is 4.76. The molecule has 3 rings (SSSR count). The molecular formula is C13H13N5O6S. The third-order valence-electron chi connectivity index (χ3n) is 2.99. The highest BCUT2D eigenvalue weighted by molar-refractivity contribution is 7.86. The lowest BCUT2D eigenvalue weighted by Crippen LogP contribution is -2.01. The fourth-order valence-corrected chi connectivity index (χ4v) is 2.66. The first kappa shape index (κ1) is 18.0. The first-order valence-electron chi connectivity index (χ1n) is 6.50. The summed E-state index contributed by atoms with van der Waals surface area (Å²) in [6.45, 7) is 0. The Bertz CT molecular complexity index is 1050.